The van der Waals surface area contributed by atoms with Crippen LogP contribution < -0.4 is 0 Å². The van der Waals surface area contributed by atoms with E-state index in [9.17, 15) is 13.6 Å². The van der Waals surface area contributed by atoms with E-state index in [1.165, 1.54) is 6.07 Å². The van der Waals surface area contributed by atoms with Crippen LogP contribution in [0.1, 0.15) is 16.7 Å². The second-order valence-electron chi connectivity index (χ2n) is 3.88. The molecule has 1 aromatic carbocycles. The minimum Gasteiger partial charge on any atom is -0.805 e. The van der Waals surface area contributed by atoms with Crippen molar-refractivity contribution < 1.29 is 8.42 Å². The number of hydrogen-bond donors (Lipinski definition) is 0. The monoisotopic (exact) mass is 273 g/mol. The maximum absolute atomic E-state index is 11.5. The summed E-state index contributed by atoms with van der Waals surface area (Å²) in [5.41, 5.74) is 1.79. The molecule has 0 spiro atoms. The molecule has 0 bridgehead atoms. The Morgan fingerprint density at radius 1 is 1.21 bits per heavy atom. The first-order chi connectivity index (χ1) is 9.11. The summed E-state index contributed by atoms with van der Waals surface area (Å²) in [6.45, 7) is 0. The van der Waals surface area contributed by atoms with Crippen LogP contribution in [-0.2, 0) is 16.7 Å². The molecule has 0 saturated carbocycles. The van der Waals surface area contributed by atoms with Crippen molar-refractivity contribution in [2.45, 2.75) is 6.42 Å². The van der Waals surface area contributed by atoms with Gasteiger partial charge in [-0.15, -0.1) is 0 Å². The SMILES string of the molecule is N#Cc1ccc(Cc2cccn([O-])c2=S(=O)=O)cc1. The first-order valence-corrected chi connectivity index (χ1v) is 6.48. The molecule has 6 heteroatoms. The van der Waals surface area contributed by atoms with Gasteiger partial charge >= 0.3 is 0 Å². The van der Waals surface area contributed by atoms with Gasteiger partial charge in [0.15, 0.2) is 4.64 Å². The van der Waals surface area contributed by atoms with Gasteiger partial charge in [-0.05, 0) is 35.5 Å². The lowest BCUT2D eigenvalue weighted by Gasteiger charge is -2.12. The second-order valence-corrected chi connectivity index (χ2v) is 4.74. The van der Waals surface area contributed by atoms with Crippen molar-refractivity contribution in [1.82, 2.24) is 4.73 Å². The molecule has 1 heterocycles. The summed E-state index contributed by atoms with van der Waals surface area (Å²) in [6, 6.07) is 11.9. The van der Waals surface area contributed by atoms with Crippen LogP contribution in [0.4, 0.5) is 0 Å². The summed E-state index contributed by atoms with van der Waals surface area (Å²) in [4.78, 5) is 0. The summed E-state index contributed by atoms with van der Waals surface area (Å²) in [6.07, 6.45) is 1.46. The number of aromatic nitrogens is 1. The maximum Gasteiger partial charge on any atom is 0.238 e. The summed E-state index contributed by atoms with van der Waals surface area (Å²) >= 11 is 0. The fourth-order valence-corrected chi connectivity index (χ4v) is 2.31. The lowest BCUT2D eigenvalue weighted by Crippen LogP contribution is -1.99. The Morgan fingerprint density at radius 2 is 1.89 bits per heavy atom. The third kappa shape index (κ3) is 2.84. The first-order valence-electron chi connectivity index (χ1n) is 5.41. The van der Waals surface area contributed by atoms with Gasteiger partial charge in [0, 0.05) is 6.42 Å². The summed E-state index contributed by atoms with van der Waals surface area (Å²) in [5, 5.41) is 20.1. The predicted octanol–water partition coefficient (Wildman–Crippen LogP) is 1.71. The zero-order valence-electron chi connectivity index (χ0n) is 9.78. The van der Waals surface area contributed by atoms with Crippen molar-refractivity contribution in [2.24, 2.45) is 0 Å². The number of nitriles is 1. The fourth-order valence-electron chi connectivity index (χ4n) is 1.75. The van der Waals surface area contributed by atoms with Gasteiger partial charge in [-0.3, -0.25) is 0 Å². The van der Waals surface area contributed by atoms with Gasteiger partial charge in [0.2, 0.25) is 10.3 Å². The average Bonchev–Trinajstić information content (AvgIpc) is 2.39. The van der Waals surface area contributed by atoms with E-state index in [1.54, 1.807) is 30.3 Å². The topological polar surface area (TPSA) is 85.9 Å². The van der Waals surface area contributed by atoms with Gasteiger partial charge in [-0.2, -0.15) is 13.7 Å². The van der Waals surface area contributed by atoms with E-state index in [-0.39, 0.29) is 4.64 Å². The molecule has 0 amide bonds. The Labute approximate surface area is 111 Å². The van der Waals surface area contributed by atoms with Crippen molar-refractivity contribution in [2.75, 3.05) is 0 Å². The lowest BCUT2D eigenvalue weighted by molar-refractivity contribution is 0.623. The highest BCUT2D eigenvalue weighted by Gasteiger charge is 2.01. The molecule has 5 nitrogen and oxygen atoms in total. The van der Waals surface area contributed by atoms with E-state index in [0.717, 1.165) is 11.8 Å². The highest BCUT2D eigenvalue weighted by Crippen LogP contribution is 2.11. The molecule has 0 aliphatic carbocycles. The van der Waals surface area contributed by atoms with Crippen molar-refractivity contribution in [3.63, 3.8) is 0 Å². The maximum atomic E-state index is 11.5. The van der Waals surface area contributed by atoms with E-state index in [0.29, 0.717) is 22.3 Å². The van der Waals surface area contributed by atoms with E-state index >= 15 is 0 Å². The van der Waals surface area contributed by atoms with E-state index in [2.05, 4.69) is 0 Å². The number of hydrogen-bond acceptors (Lipinski definition) is 4. The molecule has 0 radical (unpaired) electrons. The highest BCUT2D eigenvalue weighted by atomic mass is 32.2. The Hall–Kier alpha value is -2.52. The van der Waals surface area contributed by atoms with Crippen LogP contribution in [0.3, 0.4) is 0 Å². The number of rotatable bonds is 2. The normalized spacial score (nSPS) is 9.84. The van der Waals surface area contributed by atoms with Crippen LogP contribution in [0.25, 0.3) is 0 Å². The van der Waals surface area contributed by atoms with Crippen molar-refractivity contribution >= 4 is 10.3 Å². The largest absolute Gasteiger partial charge is 0.805 e. The highest BCUT2D eigenvalue weighted by molar-refractivity contribution is 7.63. The summed E-state index contributed by atoms with van der Waals surface area (Å²) in [7, 11) is -2.58. The minimum atomic E-state index is -2.58. The van der Waals surface area contributed by atoms with Crippen LogP contribution in [0.2, 0.25) is 0 Å². The molecular formula is C13H9N2O3S-. The molecule has 0 atom stereocenters. The van der Waals surface area contributed by atoms with Crippen LogP contribution in [-0.4, -0.2) is 13.1 Å². The van der Waals surface area contributed by atoms with Gasteiger partial charge in [-0.25, -0.2) is 0 Å². The van der Waals surface area contributed by atoms with Gasteiger partial charge < -0.3 is 9.94 Å². The molecule has 0 unspecified atom stereocenters. The molecule has 96 valence electrons. The fraction of sp³-hybridized carbons (Fsp3) is 0.0769. The van der Waals surface area contributed by atoms with Gasteiger partial charge in [0.05, 0.1) is 11.6 Å². The number of pyridine rings is 1. The van der Waals surface area contributed by atoms with Crippen LogP contribution >= 0.6 is 0 Å². The standard InChI is InChI=1S/C13H9N2O3S/c14-9-11-5-3-10(4-6-11)8-12-2-1-7-15(16)13(12)19(17)18/h1-7H,8H2/q-1. The van der Waals surface area contributed by atoms with Gasteiger partial charge in [0.1, 0.15) is 0 Å². The van der Waals surface area contributed by atoms with Crippen molar-refractivity contribution in [3.8, 4) is 6.07 Å². The molecule has 19 heavy (non-hydrogen) atoms. The zero-order chi connectivity index (χ0) is 13.8. The summed E-state index contributed by atoms with van der Waals surface area (Å²) in [5.74, 6) is 0. The Kier molecular flexibility index (Phi) is 3.68. The molecule has 0 N–H and O–H groups in total. The minimum absolute atomic E-state index is 0.271. The molecule has 2 aromatic rings. The summed E-state index contributed by atoms with van der Waals surface area (Å²) < 4.78 is 22.2. The molecule has 0 aliphatic heterocycles. The molecule has 0 fully saturated rings. The Balaban J connectivity index is 2.48. The molecule has 1 aromatic heterocycles. The Morgan fingerprint density at radius 3 is 2.47 bits per heavy atom. The molecular weight excluding hydrogens is 264 g/mol. The van der Waals surface area contributed by atoms with Crippen LogP contribution in [0.5, 0.6) is 0 Å². The predicted molar refractivity (Wildman–Crippen MR) is 69.3 cm³/mol. The van der Waals surface area contributed by atoms with E-state index in [1.807, 2.05) is 6.07 Å². The lowest BCUT2D eigenvalue weighted by atomic mass is 10.1. The molecule has 0 saturated heterocycles. The average molecular weight is 273 g/mol. The van der Waals surface area contributed by atoms with Crippen molar-refractivity contribution in [1.29, 1.82) is 5.26 Å². The van der Waals surface area contributed by atoms with Crippen LogP contribution in [0.15, 0.2) is 42.6 Å². The first kappa shape index (κ1) is 12.9. The third-order valence-corrected chi connectivity index (χ3v) is 3.39. The van der Waals surface area contributed by atoms with Gasteiger partial charge in [-0.1, -0.05) is 18.2 Å². The van der Waals surface area contributed by atoms with Crippen LogP contribution in [0, 0.1) is 21.2 Å². The quantitative estimate of drug-likeness (QED) is 0.779. The van der Waals surface area contributed by atoms with E-state index < -0.39 is 10.3 Å². The zero-order valence-corrected chi connectivity index (χ0v) is 10.6. The smallest absolute Gasteiger partial charge is 0.238 e. The number of benzene rings is 1. The second kappa shape index (κ2) is 5.42. The Bertz CT molecular complexity index is 804. The van der Waals surface area contributed by atoms with E-state index in [4.69, 9.17) is 5.26 Å². The molecule has 0 aliphatic rings. The number of nitrogens with zero attached hydrogens (tertiary/aromatic N) is 2. The van der Waals surface area contributed by atoms with Crippen molar-refractivity contribution in [3.05, 3.63) is 69.1 Å². The van der Waals surface area contributed by atoms with Gasteiger partial charge in [0.25, 0.3) is 0 Å². The molecule has 2 rings (SSSR count). The third-order valence-electron chi connectivity index (χ3n) is 2.63.